The van der Waals surface area contributed by atoms with Crippen molar-refractivity contribution in [1.29, 1.82) is 0 Å². The van der Waals surface area contributed by atoms with E-state index in [1.807, 2.05) is 38.1 Å². The maximum absolute atomic E-state index is 11.4. The predicted molar refractivity (Wildman–Crippen MR) is 78.8 cm³/mol. The minimum atomic E-state index is -0.357. The molecule has 4 heteroatoms. The third kappa shape index (κ3) is 3.01. The van der Waals surface area contributed by atoms with Gasteiger partial charge in [0.05, 0.1) is 0 Å². The Kier molecular flexibility index (Phi) is 4.11. The molecule has 0 aliphatic heterocycles. The van der Waals surface area contributed by atoms with Crippen LogP contribution >= 0.6 is 0 Å². The molecule has 104 valence electrons. The van der Waals surface area contributed by atoms with Gasteiger partial charge in [-0.2, -0.15) is 0 Å². The predicted octanol–water partition coefficient (Wildman–Crippen LogP) is 2.39. The Labute approximate surface area is 118 Å². The van der Waals surface area contributed by atoms with Gasteiger partial charge in [-0.15, -0.1) is 5.92 Å². The van der Waals surface area contributed by atoms with Crippen molar-refractivity contribution in [2.45, 2.75) is 20.1 Å². The lowest BCUT2D eigenvalue weighted by Crippen LogP contribution is -2.31. The normalized spacial score (nSPS) is 12.1. The molecule has 0 radical (unpaired) electrons. The van der Waals surface area contributed by atoms with E-state index in [-0.39, 0.29) is 11.9 Å². The van der Waals surface area contributed by atoms with Crippen LogP contribution in [0.25, 0.3) is 11.0 Å². The molecule has 1 heterocycles. The molecule has 0 amide bonds. The Morgan fingerprint density at radius 3 is 2.70 bits per heavy atom. The van der Waals surface area contributed by atoms with Crippen molar-refractivity contribution in [2.24, 2.45) is 0 Å². The van der Waals surface area contributed by atoms with Crippen LogP contribution in [0.5, 0.6) is 5.75 Å². The van der Waals surface area contributed by atoms with Crippen LogP contribution in [-0.2, 0) is 0 Å². The molecule has 0 saturated carbocycles. The minimum Gasteiger partial charge on any atom is -0.464 e. The number of hydrogen-bond donors (Lipinski definition) is 0. The number of benzene rings is 1. The van der Waals surface area contributed by atoms with Crippen molar-refractivity contribution in [2.75, 3.05) is 14.1 Å². The molecule has 1 unspecified atom stereocenters. The molecule has 0 bridgehead atoms. The van der Waals surface area contributed by atoms with E-state index in [0.29, 0.717) is 11.3 Å². The van der Waals surface area contributed by atoms with Crippen molar-refractivity contribution in [3.8, 4) is 17.6 Å². The van der Waals surface area contributed by atoms with E-state index in [1.54, 1.807) is 13.0 Å². The van der Waals surface area contributed by atoms with Crippen molar-refractivity contribution in [3.63, 3.8) is 0 Å². The molecule has 0 aliphatic carbocycles. The van der Waals surface area contributed by atoms with Crippen LogP contribution < -0.4 is 10.4 Å². The van der Waals surface area contributed by atoms with E-state index in [0.717, 1.165) is 10.9 Å². The first kappa shape index (κ1) is 14.2. The van der Waals surface area contributed by atoms with E-state index in [9.17, 15) is 4.79 Å². The third-order valence-electron chi connectivity index (χ3n) is 2.91. The summed E-state index contributed by atoms with van der Waals surface area (Å²) in [6.07, 6.45) is -0.339. The monoisotopic (exact) mass is 271 g/mol. The number of ether oxygens (including phenoxy) is 1. The second-order valence-corrected chi connectivity index (χ2v) is 4.73. The Morgan fingerprint density at radius 2 is 2.05 bits per heavy atom. The van der Waals surface area contributed by atoms with Crippen molar-refractivity contribution >= 4 is 11.0 Å². The average molecular weight is 271 g/mol. The zero-order valence-electron chi connectivity index (χ0n) is 12.1. The van der Waals surface area contributed by atoms with Crippen LogP contribution in [-0.4, -0.2) is 25.2 Å². The first-order valence-electron chi connectivity index (χ1n) is 6.31. The molecule has 0 saturated heterocycles. The lowest BCUT2D eigenvalue weighted by atomic mass is 10.1. The summed E-state index contributed by atoms with van der Waals surface area (Å²) in [6.45, 7) is 3.65. The van der Waals surface area contributed by atoms with Gasteiger partial charge in [0.2, 0.25) is 6.23 Å². The number of hydrogen-bond acceptors (Lipinski definition) is 4. The van der Waals surface area contributed by atoms with Gasteiger partial charge in [-0.1, -0.05) is 0 Å². The maximum atomic E-state index is 11.4. The fourth-order valence-electron chi connectivity index (χ4n) is 1.89. The number of aryl methyl sites for hydroxylation is 1. The van der Waals surface area contributed by atoms with E-state index >= 15 is 0 Å². The van der Waals surface area contributed by atoms with E-state index < -0.39 is 0 Å². The molecular formula is C16H17NO3. The zero-order valence-corrected chi connectivity index (χ0v) is 12.1. The summed E-state index contributed by atoms with van der Waals surface area (Å²) in [5.41, 5.74) is 1.06. The van der Waals surface area contributed by atoms with Crippen molar-refractivity contribution in [3.05, 3.63) is 40.2 Å². The molecule has 0 spiro atoms. The molecule has 2 rings (SSSR count). The topological polar surface area (TPSA) is 42.7 Å². The maximum Gasteiger partial charge on any atom is 0.336 e. The number of nitrogens with zero attached hydrogens (tertiary/aromatic N) is 1. The molecule has 4 nitrogen and oxygen atoms in total. The van der Waals surface area contributed by atoms with Gasteiger partial charge in [0, 0.05) is 17.5 Å². The smallest absolute Gasteiger partial charge is 0.336 e. The van der Waals surface area contributed by atoms with Crippen LogP contribution in [0, 0.1) is 18.8 Å². The highest BCUT2D eigenvalue weighted by atomic mass is 16.5. The Bertz CT molecular complexity index is 735. The second-order valence-electron chi connectivity index (χ2n) is 4.73. The Hall–Kier alpha value is -2.25. The van der Waals surface area contributed by atoms with Gasteiger partial charge in [0.15, 0.2) is 0 Å². The largest absolute Gasteiger partial charge is 0.464 e. The Morgan fingerprint density at radius 1 is 1.30 bits per heavy atom. The summed E-state index contributed by atoms with van der Waals surface area (Å²) >= 11 is 0. The fourth-order valence-corrected chi connectivity index (χ4v) is 1.89. The van der Waals surface area contributed by atoms with E-state index in [4.69, 9.17) is 9.15 Å². The van der Waals surface area contributed by atoms with Crippen LogP contribution in [0.4, 0.5) is 0 Å². The minimum absolute atomic E-state index is 0.339. The molecule has 0 fully saturated rings. The molecule has 1 atom stereocenters. The van der Waals surface area contributed by atoms with Crippen LogP contribution in [0.15, 0.2) is 33.5 Å². The summed E-state index contributed by atoms with van der Waals surface area (Å²) in [7, 11) is 3.78. The van der Waals surface area contributed by atoms with Gasteiger partial charge in [-0.05, 0) is 51.6 Å². The van der Waals surface area contributed by atoms with Gasteiger partial charge in [0.25, 0.3) is 0 Å². The number of rotatable bonds is 3. The molecule has 0 N–H and O–H groups in total. The highest BCUT2D eigenvalue weighted by Gasteiger charge is 2.11. The quantitative estimate of drug-likeness (QED) is 0.488. The summed E-state index contributed by atoms with van der Waals surface area (Å²) < 4.78 is 11.0. The number of fused-ring (bicyclic) bond motifs is 1. The summed E-state index contributed by atoms with van der Waals surface area (Å²) in [6, 6.07) is 6.93. The van der Waals surface area contributed by atoms with Gasteiger partial charge < -0.3 is 9.15 Å². The van der Waals surface area contributed by atoms with Crippen molar-refractivity contribution in [1.82, 2.24) is 4.90 Å². The van der Waals surface area contributed by atoms with Gasteiger partial charge >= 0.3 is 5.63 Å². The molecule has 2 aromatic rings. The van der Waals surface area contributed by atoms with Crippen LogP contribution in [0.1, 0.15) is 12.5 Å². The SMILES string of the molecule is CC#CC(Oc1ccc2c(C)cc(=O)oc2c1)N(C)C. The van der Waals surface area contributed by atoms with E-state index in [1.165, 1.54) is 6.07 Å². The zero-order chi connectivity index (χ0) is 14.7. The average Bonchev–Trinajstić information content (AvgIpc) is 2.37. The molecular weight excluding hydrogens is 254 g/mol. The van der Waals surface area contributed by atoms with Crippen LogP contribution in [0.3, 0.4) is 0 Å². The summed E-state index contributed by atoms with van der Waals surface area (Å²) in [4.78, 5) is 13.3. The van der Waals surface area contributed by atoms with Gasteiger partial charge in [-0.3, -0.25) is 4.90 Å². The molecule has 20 heavy (non-hydrogen) atoms. The summed E-state index contributed by atoms with van der Waals surface area (Å²) in [5, 5.41) is 0.903. The lowest BCUT2D eigenvalue weighted by Gasteiger charge is -2.20. The second kappa shape index (κ2) is 5.81. The lowest BCUT2D eigenvalue weighted by molar-refractivity contribution is 0.116. The standard InChI is InChI=1S/C16H17NO3/c1-5-6-15(17(3)4)19-12-7-8-13-11(2)9-16(18)20-14(13)10-12/h7-10,15H,1-4H3. The molecule has 1 aromatic carbocycles. The van der Waals surface area contributed by atoms with Crippen molar-refractivity contribution < 1.29 is 9.15 Å². The van der Waals surface area contributed by atoms with Gasteiger partial charge in [0.1, 0.15) is 11.3 Å². The first-order valence-corrected chi connectivity index (χ1v) is 6.31. The van der Waals surface area contributed by atoms with E-state index in [2.05, 4.69) is 11.8 Å². The fraction of sp³-hybridized carbons (Fsp3) is 0.312. The first-order chi connectivity index (χ1) is 9.51. The highest BCUT2D eigenvalue weighted by Crippen LogP contribution is 2.23. The molecule has 1 aromatic heterocycles. The van der Waals surface area contributed by atoms with Crippen LogP contribution in [0.2, 0.25) is 0 Å². The highest BCUT2D eigenvalue weighted by molar-refractivity contribution is 5.81. The van der Waals surface area contributed by atoms with Gasteiger partial charge in [-0.25, -0.2) is 4.79 Å². The Balaban J connectivity index is 2.40. The summed E-state index contributed by atoms with van der Waals surface area (Å²) in [5.74, 6) is 6.42. The third-order valence-corrected chi connectivity index (χ3v) is 2.91. The molecule has 0 aliphatic rings.